The van der Waals surface area contributed by atoms with Gasteiger partial charge in [0, 0.05) is 24.3 Å². The maximum atomic E-state index is 12.9. The number of rotatable bonds is 6. The lowest BCUT2D eigenvalue weighted by Crippen LogP contribution is -2.16. The van der Waals surface area contributed by atoms with Crippen LogP contribution in [0, 0.1) is 5.82 Å². The summed E-state index contributed by atoms with van der Waals surface area (Å²) in [5.74, 6) is -0.187. The molecule has 2 heterocycles. The second-order valence-electron chi connectivity index (χ2n) is 6.35. The summed E-state index contributed by atoms with van der Waals surface area (Å²) in [6, 6.07) is 19.4. The van der Waals surface area contributed by atoms with Crippen LogP contribution in [0.15, 0.2) is 73.1 Å². The highest BCUT2D eigenvalue weighted by Crippen LogP contribution is 2.27. The normalized spacial score (nSPS) is 11.1. The summed E-state index contributed by atoms with van der Waals surface area (Å²) in [4.78, 5) is 7.49. The summed E-state index contributed by atoms with van der Waals surface area (Å²) in [7, 11) is 0. The van der Waals surface area contributed by atoms with Crippen LogP contribution >= 0.6 is 0 Å². The summed E-state index contributed by atoms with van der Waals surface area (Å²) in [6.07, 6.45) is 4.64. The fraction of sp³-hybridized carbons (Fsp3) is 0.136. The smallest absolute Gasteiger partial charge is 0.137 e. The van der Waals surface area contributed by atoms with Gasteiger partial charge < -0.3 is 10.3 Å². The van der Waals surface area contributed by atoms with Crippen molar-refractivity contribution >= 4 is 11.0 Å². The topological polar surface area (TPSA) is 40.7 Å². The van der Waals surface area contributed by atoms with E-state index >= 15 is 0 Å². The van der Waals surface area contributed by atoms with Gasteiger partial charge in [0.2, 0.25) is 0 Å². The number of benzene rings is 2. The highest BCUT2D eigenvalue weighted by molar-refractivity contribution is 5.92. The number of fused-ring (bicyclic) bond motifs is 1. The lowest BCUT2D eigenvalue weighted by molar-refractivity contribution is 0.626. The zero-order chi connectivity index (χ0) is 17.8. The summed E-state index contributed by atoms with van der Waals surface area (Å²) in [6.45, 7) is 1.68. The molecule has 0 aliphatic rings. The molecule has 3 nitrogen and oxygen atoms in total. The van der Waals surface area contributed by atoms with Crippen LogP contribution in [0.4, 0.5) is 4.39 Å². The van der Waals surface area contributed by atoms with Gasteiger partial charge in [-0.3, -0.25) is 0 Å². The van der Waals surface area contributed by atoms with Gasteiger partial charge in [0.05, 0.1) is 0 Å². The van der Waals surface area contributed by atoms with E-state index in [-0.39, 0.29) is 5.82 Å². The van der Waals surface area contributed by atoms with E-state index in [9.17, 15) is 4.39 Å². The average Bonchev–Trinajstić information content (AvgIpc) is 3.16. The molecule has 2 N–H and O–H groups in total. The van der Waals surface area contributed by atoms with Gasteiger partial charge in [-0.05, 0) is 59.5 Å². The first-order valence-electron chi connectivity index (χ1n) is 8.76. The van der Waals surface area contributed by atoms with E-state index in [1.165, 1.54) is 28.8 Å². The van der Waals surface area contributed by atoms with Gasteiger partial charge in [-0.1, -0.05) is 36.4 Å². The average molecular weight is 345 g/mol. The summed E-state index contributed by atoms with van der Waals surface area (Å²) in [5, 5.41) is 4.58. The van der Waals surface area contributed by atoms with Crippen molar-refractivity contribution in [2.45, 2.75) is 13.0 Å². The molecule has 0 atom stereocenters. The zero-order valence-corrected chi connectivity index (χ0v) is 14.4. The van der Waals surface area contributed by atoms with Crippen molar-refractivity contribution in [3.8, 4) is 11.1 Å². The van der Waals surface area contributed by atoms with Gasteiger partial charge in [0.25, 0.3) is 0 Å². The van der Waals surface area contributed by atoms with Crippen LogP contribution in [0.1, 0.15) is 11.1 Å². The molecule has 0 unspecified atom stereocenters. The predicted molar refractivity (Wildman–Crippen MR) is 103 cm³/mol. The highest BCUT2D eigenvalue weighted by atomic mass is 19.1. The second kappa shape index (κ2) is 7.50. The van der Waals surface area contributed by atoms with Crippen molar-refractivity contribution in [1.29, 1.82) is 0 Å². The lowest BCUT2D eigenvalue weighted by Gasteiger charge is -2.08. The number of halogens is 1. The van der Waals surface area contributed by atoms with E-state index < -0.39 is 0 Å². The number of nitrogens with one attached hydrogen (secondary N) is 2. The third kappa shape index (κ3) is 3.65. The minimum atomic E-state index is -0.187. The Labute approximate surface area is 151 Å². The molecule has 4 heteroatoms. The van der Waals surface area contributed by atoms with Gasteiger partial charge in [0.15, 0.2) is 0 Å². The van der Waals surface area contributed by atoms with Crippen molar-refractivity contribution in [3.05, 3.63) is 90.0 Å². The molecule has 4 rings (SSSR count). The second-order valence-corrected chi connectivity index (χ2v) is 6.35. The van der Waals surface area contributed by atoms with Crippen LogP contribution in [0.25, 0.3) is 22.2 Å². The number of hydrogen-bond acceptors (Lipinski definition) is 2. The fourth-order valence-corrected chi connectivity index (χ4v) is 3.13. The van der Waals surface area contributed by atoms with Crippen molar-refractivity contribution < 1.29 is 4.39 Å². The first-order valence-corrected chi connectivity index (χ1v) is 8.76. The molecule has 2 aromatic heterocycles. The van der Waals surface area contributed by atoms with Crippen LogP contribution in [-0.2, 0) is 13.0 Å². The Morgan fingerprint density at radius 3 is 2.46 bits per heavy atom. The highest BCUT2D eigenvalue weighted by Gasteiger charge is 2.05. The Morgan fingerprint density at radius 1 is 0.885 bits per heavy atom. The van der Waals surface area contributed by atoms with E-state index in [2.05, 4.69) is 45.6 Å². The molecule has 0 bridgehead atoms. The van der Waals surface area contributed by atoms with Crippen LogP contribution in [-0.4, -0.2) is 16.5 Å². The molecular formula is C22H20FN3. The van der Waals surface area contributed by atoms with Gasteiger partial charge in [-0.15, -0.1) is 0 Å². The first kappa shape index (κ1) is 16.5. The van der Waals surface area contributed by atoms with E-state index in [0.717, 1.165) is 36.1 Å². The Morgan fingerprint density at radius 2 is 1.65 bits per heavy atom. The predicted octanol–water partition coefficient (Wildman–Crippen LogP) is 4.70. The third-order valence-corrected chi connectivity index (χ3v) is 4.56. The Kier molecular flexibility index (Phi) is 4.75. The number of hydrogen-bond donors (Lipinski definition) is 2. The molecule has 0 amide bonds. The van der Waals surface area contributed by atoms with Crippen molar-refractivity contribution in [2.24, 2.45) is 0 Å². The minimum absolute atomic E-state index is 0.187. The number of aromatic nitrogens is 2. The number of pyridine rings is 1. The van der Waals surface area contributed by atoms with Gasteiger partial charge in [-0.25, -0.2) is 9.37 Å². The van der Waals surface area contributed by atoms with Crippen molar-refractivity contribution in [3.63, 3.8) is 0 Å². The summed E-state index contributed by atoms with van der Waals surface area (Å²) < 4.78 is 12.9. The molecule has 0 spiro atoms. The van der Waals surface area contributed by atoms with E-state index in [0.29, 0.717) is 0 Å². The molecule has 0 radical (unpaired) electrons. The van der Waals surface area contributed by atoms with Gasteiger partial charge in [0.1, 0.15) is 11.5 Å². The number of aromatic amines is 1. The lowest BCUT2D eigenvalue weighted by atomic mass is 10.0. The molecule has 0 saturated carbocycles. The Bertz CT molecular complexity index is 988. The SMILES string of the molecule is Fc1ccc(CCNCc2ccc(-c3ccnc4[nH]ccc34)cc2)cc1. The molecule has 0 fully saturated rings. The maximum absolute atomic E-state index is 12.9. The molecule has 0 aliphatic carbocycles. The third-order valence-electron chi connectivity index (χ3n) is 4.56. The van der Waals surface area contributed by atoms with Crippen molar-refractivity contribution in [1.82, 2.24) is 15.3 Å². The molecule has 130 valence electrons. The van der Waals surface area contributed by atoms with E-state index in [1.807, 2.05) is 30.6 Å². The quantitative estimate of drug-likeness (QED) is 0.497. The molecule has 2 aromatic carbocycles. The van der Waals surface area contributed by atoms with Crippen molar-refractivity contribution in [2.75, 3.05) is 6.54 Å². The van der Waals surface area contributed by atoms with Crippen LogP contribution in [0.2, 0.25) is 0 Å². The fourth-order valence-electron chi connectivity index (χ4n) is 3.13. The van der Waals surface area contributed by atoms with E-state index in [1.54, 1.807) is 0 Å². The Balaban J connectivity index is 1.36. The standard InChI is InChI=1S/C22H20FN3/c23-19-7-3-16(4-8-19)9-12-24-15-17-1-5-18(6-2-17)20-10-13-25-22-21(20)11-14-26-22/h1-8,10-11,13-14,24H,9,12,15H2,(H,25,26). The first-order chi connectivity index (χ1) is 12.8. The van der Waals surface area contributed by atoms with Gasteiger partial charge >= 0.3 is 0 Å². The minimum Gasteiger partial charge on any atom is -0.346 e. The van der Waals surface area contributed by atoms with Crippen LogP contribution in [0.3, 0.4) is 0 Å². The van der Waals surface area contributed by atoms with Crippen LogP contribution in [0.5, 0.6) is 0 Å². The maximum Gasteiger partial charge on any atom is 0.137 e. The summed E-state index contributed by atoms with van der Waals surface area (Å²) in [5.41, 5.74) is 5.67. The molecule has 0 saturated heterocycles. The largest absolute Gasteiger partial charge is 0.346 e. The molecule has 4 aromatic rings. The molecule has 0 aliphatic heterocycles. The zero-order valence-electron chi connectivity index (χ0n) is 14.4. The van der Waals surface area contributed by atoms with Crippen LogP contribution < -0.4 is 5.32 Å². The monoisotopic (exact) mass is 345 g/mol. The summed E-state index contributed by atoms with van der Waals surface area (Å²) >= 11 is 0. The molecular weight excluding hydrogens is 325 g/mol. The Hall–Kier alpha value is -2.98. The number of nitrogens with zero attached hydrogens (tertiary/aromatic N) is 1. The van der Waals surface area contributed by atoms with Gasteiger partial charge in [-0.2, -0.15) is 0 Å². The van der Waals surface area contributed by atoms with E-state index in [4.69, 9.17) is 0 Å². The molecule has 26 heavy (non-hydrogen) atoms. The number of H-pyrrole nitrogens is 1.